The lowest BCUT2D eigenvalue weighted by molar-refractivity contribution is -0.146. The van der Waals surface area contributed by atoms with Crippen LogP contribution in [0.2, 0.25) is 5.82 Å². The maximum absolute atomic E-state index is 12.2. The number of carbonyl (C=O) groups excluding carboxylic acids is 1. The van der Waals surface area contributed by atoms with E-state index in [1.165, 1.54) is 17.9 Å². The number of amides is 1. The molecule has 6 N–H and O–H groups in total. The third-order valence-electron chi connectivity index (χ3n) is 5.70. The van der Waals surface area contributed by atoms with E-state index in [1.807, 2.05) is 0 Å². The van der Waals surface area contributed by atoms with Gasteiger partial charge in [-0.15, -0.1) is 0 Å². The van der Waals surface area contributed by atoms with E-state index >= 15 is 0 Å². The summed E-state index contributed by atoms with van der Waals surface area (Å²) in [6.07, 6.45) is 0.0761. The normalized spacial score (nSPS) is 26.8. The van der Waals surface area contributed by atoms with E-state index in [0.717, 1.165) is 0 Å². The summed E-state index contributed by atoms with van der Waals surface area (Å²) < 4.78 is 11.0. The van der Waals surface area contributed by atoms with E-state index in [-0.39, 0.29) is 36.1 Å². The molecule has 4 rings (SSSR count). The first kappa shape index (κ1) is 19.0. The zero-order valence-electron chi connectivity index (χ0n) is 15.2. The van der Waals surface area contributed by atoms with Crippen LogP contribution in [0.4, 0.5) is 0 Å². The third kappa shape index (κ3) is 2.91. The van der Waals surface area contributed by atoms with Crippen LogP contribution in [0.25, 0.3) is 0 Å². The van der Waals surface area contributed by atoms with Gasteiger partial charge in [0.2, 0.25) is 5.91 Å². The minimum atomic E-state index is -3.11. The molecule has 1 aromatic rings. The molecule has 2 heterocycles. The van der Waals surface area contributed by atoms with Gasteiger partial charge in [-0.2, -0.15) is 0 Å². The molecule has 0 bridgehead atoms. The topological polar surface area (TPSA) is 163 Å². The molecule has 10 nitrogen and oxygen atoms in total. The molecule has 0 spiro atoms. The highest BCUT2D eigenvalue weighted by Crippen LogP contribution is 2.63. The Morgan fingerprint density at radius 1 is 1.39 bits per heavy atom. The van der Waals surface area contributed by atoms with Crippen molar-refractivity contribution in [2.45, 2.75) is 36.7 Å². The minimum Gasteiger partial charge on any atom is -0.669 e. The van der Waals surface area contributed by atoms with Gasteiger partial charge in [0.05, 0.1) is 25.4 Å². The number of aliphatic hydroxyl groups is 1. The van der Waals surface area contributed by atoms with Crippen LogP contribution in [0.15, 0.2) is 12.1 Å². The monoisotopic (exact) mass is 393 g/mol. The Kier molecular flexibility index (Phi) is 4.13. The van der Waals surface area contributed by atoms with Gasteiger partial charge >= 0.3 is 12.7 Å². The first-order chi connectivity index (χ1) is 13.0. The fourth-order valence-corrected chi connectivity index (χ4v) is 3.90. The van der Waals surface area contributed by atoms with Gasteiger partial charge < -0.3 is 40.3 Å². The van der Waals surface area contributed by atoms with E-state index < -0.39 is 42.7 Å². The Morgan fingerprint density at radius 3 is 2.68 bits per heavy atom. The van der Waals surface area contributed by atoms with Gasteiger partial charge in [-0.25, -0.2) is 4.79 Å². The molecule has 11 heteroatoms. The molecule has 2 unspecified atom stereocenters. The average molecular weight is 393 g/mol. The SMILES string of the molecule is C[C@](N)(CO)C(=O)N1CC(Oc2ccc3c(c2C(=O)O)O[B-](O)(O)C2CC32)C1. The van der Waals surface area contributed by atoms with Gasteiger partial charge in [0.15, 0.2) is 0 Å². The highest BCUT2D eigenvalue weighted by atomic mass is 16.6. The molecule has 0 radical (unpaired) electrons. The van der Waals surface area contributed by atoms with E-state index in [4.69, 9.17) is 15.1 Å². The highest BCUT2D eigenvalue weighted by Gasteiger charge is 2.55. The second-order valence-electron chi connectivity index (χ2n) is 8.07. The number of benzene rings is 1. The smallest absolute Gasteiger partial charge is 0.434 e. The van der Waals surface area contributed by atoms with Crippen LogP contribution in [-0.4, -0.2) is 75.1 Å². The van der Waals surface area contributed by atoms with Crippen molar-refractivity contribution in [2.24, 2.45) is 5.73 Å². The number of fused-ring (bicyclic) bond motifs is 3. The van der Waals surface area contributed by atoms with Crippen molar-refractivity contribution in [2.75, 3.05) is 19.7 Å². The lowest BCUT2D eigenvalue weighted by Crippen LogP contribution is -2.64. The molecular weight excluding hydrogens is 371 g/mol. The van der Waals surface area contributed by atoms with Crippen LogP contribution >= 0.6 is 0 Å². The largest absolute Gasteiger partial charge is 0.669 e. The predicted octanol–water partition coefficient (Wildman–Crippen LogP) is -1.14. The molecule has 0 aromatic heterocycles. The quantitative estimate of drug-likeness (QED) is 0.389. The molecule has 1 aliphatic carbocycles. The van der Waals surface area contributed by atoms with E-state index in [2.05, 4.69) is 0 Å². The number of ether oxygens (including phenoxy) is 1. The van der Waals surface area contributed by atoms with Gasteiger partial charge in [0.1, 0.15) is 23.0 Å². The van der Waals surface area contributed by atoms with Crippen molar-refractivity contribution < 1.29 is 39.2 Å². The summed E-state index contributed by atoms with van der Waals surface area (Å²) in [5.74, 6) is -2.32. The van der Waals surface area contributed by atoms with Gasteiger partial charge in [-0.05, 0) is 24.5 Å². The summed E-state index contributed by atoms with van der Waals surface area (Å²) in [5, 5.41) is 38.9. The molecule has 1 saturated carbocycles. The Labute approximate surface area is 160 Å². The number of aromatic carboxylic acids is 1. The maximum Gasteiger partial charge on any atom is 0.434 e. The van der Waals surface area contributed by atoms with Crippen LogP contribution in [0.5, 0.6) is 11.5 Å². The maximum atomic E-state index is 12.2. The Hall–Kier alpha value is -2.34. The lowest BCUT2D eigenvalue weighted by Gasteiger charge is -2.42. The van der Waals surface area contributed by atoms with Crippen LogP contribution in [0.3, 0.4) is 0 Å². The number of carboxylic acids is 1. The van der Waals surface area contributed by atoms with Crippen LogP contribution < -0.4 is 15.1 Å². The van der Waals surface area contributed by atoms with Gasteiger partial charge in [-0.1, -0.05) is 18.3 Å². The average Bonchev–Trinajstić information content (AvgIpc) is 3.38. The number of nitrogens with zero attached hydrogens (tertiary/aromatic N) is 1. The number of nitrogens with two attached hydrogens (primary N) is 1. The molecule has 1 aromatic carbocycles. The second-order valence-corrected chi connectivity index (χ2v) is 8.07. The standard InChI is InChI=1S/C17H22BN2O8/c1-17(19,7-21)16(24)20-5-8(6-20)27-12-3-2-9-10-4-11(10)18(25,26)28-14(9)13(12)15(22)23/h2-3,8,10-11,21,25-26H,4-7,19H2,1H3,(H,22,23)/q-1/t10?,11?,17-/m0/s1. The molecule has 3 aliphatic rings. The Balaban J connectivity index is 1.53. The Bertz CT molecular complexity index is 852. The zero-order valence-corrected chi connectivity index (χ0v) is 15.2. The van der Waals surface area contributed by atoms with Crippen molar-refractivity contribution in [3.63, 3.8) is 0 Å². The highest BCUT2D eigenvalue weighted by molar-refractivity contribution is 6.62. The lowest BCUT2D eigenvalue weighted by atomic mass is 9.68. The van der Waals surface area contributed by atoms with Gasteiger partial charge in [-0.3, -0.25) is 4.79 Å². The van der Waals surface area contributed by atoms with Crippen LogP contribution in [0.1, 0.15) is 35.2 Å². The number of aliphatic hydroxyl groups excluding tert-OH is 1. The third-order valence-corrected chi connectivity index (χ3v) is 5.70. The molecule has 2 fully saturated rings. The van der Waals surface area contributed by atoms with Crippen molar-refractivity contribution in [1.29, 1.82) is 0 Å². The molecule has 3 atom stereocenters. The molecule has 152 valence electrons. The summed E-state index contributed by atoms with van der Waals surface area (Å²) >= 11 is 0. The molecule has 2 aliphatic heterocycles. The zero-order chi connectivity index (χ0) is 20.4. The first-order valence-electron chi connectivity index (χ1n) is 9.09. The molecule has 1 amide bonds. The molecule has 28 heavy (non-hydrogen) atoms. The number of carbonyl (C=O) groups is 2. The summed E-state index contributed by atoms with van der Waals surface area (Å²) in [6, 6.07) is 3.21. The van der Waals surface area contributed by atoms with Crippen LogP contribution in [0, 0.1) is 0 Å². The Morgan fingerprint density at radius 2 is 2.07 bits per heavy atom. The summed E-state index contributed by atoms with van der Waals surface area (Å²) in [6.45, 7) is -1.78. The molecular formula is C17H22BN2O8-. The first-order valence-corrected chi connectivity index (χ1v) is 9.09. The number of hydrogen-bond donors (Lipinski definition) is 5. The van der Waals surface area contributed by atoms with Crippen molar-refractivity contribution >= 4 is 18.6 Å². The van der Waals surface area contributed by atoms with Crippen molar-refractivity contribution in [3.05, 3.63) is 23.3 Å². The van der Waals surface area contributed by atoms with Gasteiger partial charge in [0.25, 0.3) is 0 Å². The summed E-state index contributed by atoms with van der Waals surface area (Å²) in [5.41, 5.74) is 4.71. The number of rotatable bonds is 5. The number of hydrogen-bond acceptors (Lipinski definition) is 8. The van der Waals surface area contributed by atoms with E-state index in [0.29, 0.717) is 12.0 Å². The minimum absolute atomic E-state index is 0.0340. The van der Waals surface area contributed by atoms with Crippen molar-refractivity contribution in [1.82, 2.24) is 4.90 Å². The van der Waals surface area contributed by atoms with Gasteiger partial charge in [0, 0.05) is 0 Å². The summed E-state index contributed by atoms with van der Waals surface area (Å²) in [4.78, 5) is 25.4. The van der Waals surface area contributed by atoms with E-state index in [1.54, 1.807) is 6.07 Å². The number of carboxylic acid groups (broad SMARTS) is 1. The van der Waals surface area contributed by atoms with Crippen molar-refractivity contribution in [3.8, 4) is 11.5 Å². The van der Waals surface area contributed by atoms with Crippen LogP contribution in [-0.2, 0) is 4.79 Å². The predicted molar refractivity (Wildman–Crippen MR) is 96.0 cm³/mol. The fourth-order valence-electron chi connectivity index (χ4n) is 3.90. The summed E-state index contributed by atoms with van der Waals surface area (Å²) in [7, 11) is 0. The fraction of sp³-hybridized carbons (Fsp3) is 0.529. The second kappa shape index (κ2) is 6.08. The molecule has 1 saturated heterocycles. The van der Waals surface area contributed by atoms with E-state index in [9.17, 15) is 29.9 Å². The number of likely N-dealkylation sites (tertiary alicyclic amines) is 1.